The molecule has 102 valence electrons. The van der Waals surface area contributed by atoms with E-state index in [9.17, 15) is 0 Å². The highest BCUT2D eigenvalue weighted by molar-refractivity contribution is 5.81. The molecule has 3 nitrogen and oxygen atoms in total. The van der Waals surface area contributed by atoms with Crippen LogP contribution in [0.1, 0.15) is 22.9 Å². The highest BCUT2D eigenvalue weighted by atomic mass is 16.5. The molecule has 3 rings (SSSR count). The average Bonchev–Trinajstić information content (AvgIpc) is 2.92. The van der Waals surface area contributed by atoms with Crippen LogP contribution in [0.25, 0.3) is 11.0 Å². The fourth-order valence-corrected chi connectivity index (χ4v) is 2.46. The molecule has 0 spiro atoms. The van der Waals surface area contributed by atoms with Crippen LogP contribution in [0, 0.1) is 6.92 Å². The van der Waals surface area contributed by atoms with Gasteiger partial charge in [-0.3, -0.25) is 0 Å². The summed E-state index contributed by atoms with van der Waals surface area (Å²) in [6.45, 7) is 2.03. The molecule has 0 aliphatic rings. The zero-order valence-corrected chi connectivity index (χ0v) is 11.6. The van der Waals surface area contributed by atoms with Crippen molar-refractivity contribution in [2.75, 3.05) is 7.11 Å². The van der Waals surface area contributed by atoms with Crippen molar-refractivity contribution < 1.29 is 9.15 Å². The predicted octanol–water partition coefficient (Wildman–Crippen LogP) is 3.80. The first-order chi connectivity index (χ1) is 9.70. The molecule has 3 heteroatoms. The number of para-hydroxylation sites is 2. The van der Waals surface area contributed by atoms with Gasteiger partial charge in [0, 0.05) is 10.9 Å². The zero-order chi connectivity index (χ0) is 14.1. The Kier molecular flexibility index (Phi) is 3.20. The molecule has 20 heavy (non-hydrogen) atoms. The van der Waals surface area contributed by atoms with Gasteiger partial charge in [0.05, 0.1) is 13.2 Å². The molecule has 2 N–H and O–H groups in total. The van der Waals surface area contributed by atoms with Crippen LogP contribution in [0.15, 0.2) is 52.9 Å². The van der Waals surface area contributed by atoms with Crippen molar-refractivity contribution in [3.63, 3.8) is 0 Å². The molecule has 0 fully saturated rings. The van der Waals surface area contributed by atoms with E-state index in [0.29, 0.717) is 0 Å². The minimum absolute atomic E-state index is 0.335. The van der Waals surface area contributed by atoms with Crippen molar-refractivity contribution in [2.45, 2.75) is 13.0 Å². The van der Waals surface area contributed by atoms with E-state index < -0.39 is 0 Å². The van der Waals surface area contributed by atoms with Gasteiger partial charge in [-0.05, 0) is 24.6 Å². The molecule has 0 bridgehead atoms. The van der Waals surface area contributed by atoms with Gasteiger partial charge in [0.15, 0.2) is 0 Å². The largest absolute Gasteiger partial charge is 0.496 e. The molecule has 3 aromatic rings. The third-order valence-corrected chi connectivity index (χ3v) is 3.54. The SMILES string of the molecule is COc1ccccc1C(N)c1cc2cccc(C)c2o1. The zero-order valence-electron chi connectivity index (χ0n) is 11.6. The van der Waals surface area contributed by atoms with E-state index in [0.717, 1.165) is 33.6 Å². The van der Waals surface area contributed by atoms with Crippen LogP contribution in [-0.4, -0.2) is 7.11 Å². The maximum Gasteiger partial charge on any atom is 0.137 e. The van der Waals surface area contributed by atoms with Gasteiger partial charge in [-0.25, -0.2) is 0 Å². The van der Waals surface area contributed by atoms with Crippen LogP contribution in [0.4, 0.5) is 0 Å². The van der Waals surface area contributed by atoms with E-state index in [1.807, 2.05) is 55.5 Å². The van der Waals surface area contributed by atoms with Crippen LogP contribution < -0.4 is 10.5 Å². The first kappa shape index (κ1) is 12.8. The minimum Gasteiger partial charge on any atom is -0.496 e. The number of hydrogen-bond donors (Lipinski definition) is 1. The van der Waals surface area contributed by atoms with E-state index in [1.54, 1.807) is 7.11 Å². The monoisotopic (exact) mass is 267 g/mol. The quantitative estimate of drug-likeness (QED) is 0.785. The van der Waals surface area contributed by atoms with Crippen molar-refractivity contribution >= 4 is 11.0 Å². The lowest BCUT2D eigenvalue weighted by molar-refractivity contribution is 0.404. The van der Waals surface area contributed by atoms with Gasteiger partial charge in [0.25, 0.3) is 0 Å². The Morgan fingerprint density at radius 3 is 2.65 bits per heavy atom. The Labute approximate surface area is 118 Å². The Balaban J connectivity index is 2.08. The fraction of sp³-hybridized carbons (Fsp3) is 0.176. The molecule has 0 amide bonds. The second-order valence-corrected chi connectivity index (χ2v) is 4.86. The van der Waals surface area contributed by atoms with E-state index in [-0.39, 0.29) is 6.04 Å². The molecule has 0 radical (unpaired) electrons. The number of nitrogens with two attached hydrogens (primary N) is 1. The van der Waals surface area contributed by atoms with Crippen molar-refractivity contribution in [3.8, 4) is 5.75 Å². The van der Waals surface area contributed by atoms with Crippen LogP contribution in [0.3, 0.4) is 0 Å². The highest BCUT2D eigenvalue weighted by Gasteiger charge is 2.18. The van der Waals surface area contributed by atoms with Gasteiger partial charge in [0.1, 0.15) is 17.1 Å². The van der Waals surface area contributed by atoms with E-state index in [4.69, 9.17) is 14.9 Å². The molecular formula is C17H17NO2. The molecule has 0 saturated carbocycles. The third kappa shape index (κ3) is 2.06. The maximum absolute atomic E-state index is 6.33. The number of aryl methyl sites for hydroxylation is 1. The Morgan fingerprint density at radius 1 is 1.10 bits per heavy atom. The first-order valence-electron chi connectivity index (χ1n) is 6.58. The summed E-state index contributed by atoms with van der Waals surface area (Å²) >= 11 is 0. The lowest BCUT2D eigenvalue weighted by Crippen LogP contribution is -2.12. The first-order valence-corrected chi connectivity index (χ1v) is 6.58. The number of furan rings is 1. The molecule has 0 aliphatic heterocycles. The van der Waals surface area contributed by atoms with Crippen LogP contribution in [0.2, 0.25) is 0 Å². The topological polar surface area (TPSA) is 48.4 Å². The summed E-state index contributed by atoms with van der Waals surface area (Å²) in [4.78, 5) is 0. The highest BCUT2D eigenvalue weighted by Crippen LogP contribution is 2.32. The second kappa shape index (κ2) is 5.02. The van der Waals surface area contributed by atoms with Gasteiger partial charge in [-0.1, -0.05) is 36.4 Å². The van der Waals surface area contributed by atoms with Crippen LogP contribution in [0.5, 0.6) is 5.75 Å². The molecule has 1 unspecified atom stereocenters. The van der Waals surface area contributed by atoms with Crippen LogP contribution in [-0.2, 0) is 0 Å². The molecule has 0 saturated heterocycles. The van der Waals surface area contributed by atoms with Gasteiger partial charge in [-0.15, -0.1) is 0 Å². The Bertz CT molecular complexity index is 746. The summed E-state index contributed by atoms with van der Waals surface area (Å²) in [5, 5.41) is 1.07. The Morgan fingerprint density at radius 2 is 1.90 bits per heavy atom. The van der Waals surface area contributed by atoms with Gasteiger partial charge in [0.2, 0.25) is 0 Å². The molecule has 1 aromatic heterocycles. The third-order valence-electron chi connectivity index (χ3n) is 3.54. The molecule has 0 aliphatic carbocycles. The molecule has 1 atom stereocenters. The van der Waals surface area contributed by atoms with E-state index in [1.165, 1.54) is 0 Å². The van der Waals surface area contributed by atoms with E-state index in [2.05, 4.69) is 0 Å². The minimum atomic E-state index is -0.335. The van der Waals surface area contributed by atoms with Gasteiger partial charge in [-0.2, -0.15) is 0 Å². The molecular weight excluding hydrogens is 250 g/mol. The number of rotatable bonds is 3. The van der Waals surface area contributed by atoms with Gasteiger partial charge >= 0.3 is 0 Å². The number of fused-ring (bicyclic) bond motifs is 1. The number of ether oxygens (including phenoxy) is 1. The van der Waals surface area contributed by atoms with Crippen molar-refractivity contribution in [1.29, 1.82) is 0 Å². The summed E-state index contributed by atoms with van der Waals surface area (Å²) in [7, 11) is 1.65. The maximum atomic E-state index is 6.33. The number of hydrogen-bond acceptors (Lipinski definition) is 3. The summed E-state index contributed by atoms with van der Waals surface area (Å²) < 4.78 is 11.3. The predicted molar refractivity (Wildman–Crippen MR) is 80.0 cm³/mol. The summed E-state index contributed by atoms with van der Waals surface area (Å²) in [5.41, 5.74) is 9.26. The number of benzene rings is 2. The van der Waals surface area contributed by atoms with Gasteiger partial charge < -0.3 is 14.9 Å². The van der Waals surface area contributed by atoms with E-state index >= 15 is 0 Å². The molecule has 1 heterocycles. The normalized spacial score (nSPS) is 12.6. The number of methoxy groups -OCH3 is 1. The molecule has 2 aromatic carbocycles. The standard InChI is InChI=1S/C17H17NO2/c1-11-6-5-7-12-10-15(20-17(11)12)16(18)13-8-3-4-9-14(13)19-2/h3-10,16H,18H2,1-2H3. The van der Waals surface area contributed by atoms with Crippen molar-refractivity contribution in [2.24, 2.45) is 5.73 Å². The summed E-state index contributed by atoms with van der Waals surface area (Å²) in [5.74, 6) is 1.52. The Hall–Kier alpha value is -2.26. The lowest BCUT2D eigenvalue weighted by Gasteiger charge is -2.13. The summed E-state index contributed by atoms with van der Waals surface area (Å²) in [6.07, 6.45) is 0. The van der Waals surface area contributed by atoms with Crippen molar-refractivity contribution in [1.82, 2.24) is 0 Å². The second-order valence-electron chi connectivity index (χ2n) is 4.86. The summed E-state index contributed by atoms with van der Waals surface area (Å²) in [6, 6.07) is 15.5. The van der Waals surface area contributed by atoms with Crippen molar-refractivity contribution in [3.05, 3.63) is 65.4 Å². The average molecular weight is 267 g/mol. The van der Waals surface area contributed by atoms with Crippen LogP contribution >= 0.6 is 0 Å². The smallest absolute Gasteiger partial charge is 0.137 e. The lowest BCUT2D eigenvalue weighted by atomic mass is 10.0. The fourth-order valence-electron chi connectivity index (χ4n) is 2.46.